The average molecular weight is 281 g/mol. The van der Waals surface area contributed by atoms with Crippen LogP contribution in [0, 0.1) is 12.3 Å². The molecule has 0 aliphatic carbocycles. The van der Waals surface area contributed by atoms with Crippen LogP contribution in [0.5, 0.6) is 0 Å². The molecule has 0 fully saturated rings. The highest BCUT2D eigenvalue weighted by Gasteiger charge is 2.07. The van der Waals surface area contributed by atoms with Gasteiger partial charge in [0.2, 0.25) is 5.91 Å². The van der Waals surface area contributed by atoms with Crippen molar-refractivity contribution in [3.63, 3.8) is 0 Å². The third kappa shape index (κ3) is 3.15. The van der Waals surface area contributed by atoms with Gasteiger partial charge in [0.25, 0.3) is 0 Å². The van der Waals surface area contributed by atoms with Gasteiger partial charge in [0.15, 0.2) is 10.8 Å². The smallest absolute Gasteiger partial charge is 0.231 e. The molecular weight excluding hydrogens is 272 g/mol. The van der Waals surface area contributed by atoms with E-state index in [0.29, 0.717) is 15.8 Å². The number of pyridine rings is 1. The fourth-order valence-electron chi connectivity index (χ4n) is 1.26. The van der Waals surface area contributed by atoms with Crippen LogP contribution in [0.1, 0.15) is 0 Å². The SMILES string of the molecule is C#CCNC(=O)CSc1nc2ncc(Cl)cc2[nH]1. The maximum Gasteiger partial charge on any atom is 0.231 e. The number of aromatic amines is 1. The van der Waals surface area contributed by atoms with Gasteiger partial charge in [-0.05, 0) is 6.07 Å². The van der Waals surface area contributed by atoms with E-state index in [9.17, 15) is 4.79 Å². The number of halogens is 1. The van der Waals surface area contributed by atoms with E-state index in [0.717, 1.165) is 5.52 Å². The minimum atomic E-state index is -0.135. The third-order valence-electron chi connectivity index (χ3n) is 2.01. The predicted molar refractivity (Wildman–Crippen MR) is 71.5 cm³/mol. The molecule has 5 nitrogen and oxygen atoms in total. The molecule has 0 radical (unpaired) electrons. The zero-order valence-electron chi connectivity index (χ0n) is 9.24. The molecule has 2 heterocycles. The second-order valence-corrected chi connectivity index (χ2v) is 4.74. The summed E-state index contributed by atoms with van der Waals surface area (Å²) in [5, 5.41) is 3.73. The van der Waals surface area contributed by atoms with Crippen LogP contribution in [0.25, 0.3) is 11.2 Å². The molecule has 0 aliphatic heterocycles. The van der Waals surface area contributed by atoms with Crippen LogP contribution in [0.3, 0.4) is 0 Å². The van der Waals surface area contributed by atoms with Gasteiger partial charge in [-0.15, -0.1) is 6.42 Å². The van der Waals surface area contributed by atoms with Crippen molar-refractivity contribution in [1.29, 1.82) is 0 Å². The van der Waals surface area contributed by atoms with Crippen LogP contribution in [0.2, 0.25) is 5.02 Å². The molecule has 1 amide bonds. The zero-order chi connectivity index (χ0) is 13.0. The summed E-state index contributed by atoms with van der Waals surface area (Å²) >= 11 is 7.09. The van der Waals surface area contributed by atoms with Gasteiger partial charge >= 0.3 is 0 Å². The second kappa shape index (κ2) is 5.76. The van der Waals surface area contributed by atoms with Crippen molar-refractivity contribution in [1.82, 2.24) is 20.3 Å². The van der Waals surface area contributed by atoms with Crippen LogP contribution >= 0.6 is 23.4 Å². The van der Waals surface area contributed by atoms with Gasteiger partial charge in [-0.2, -0.15) is 0 Å². The number of amides is 1. The lowest BCUT2D eigenvalue weighted by Crippen LogP contribution is -2.25. The van der Waals surface area contributed by atoms with Crippen LogP contribution in [-0.2, 0) is 4.79 Å². The molecule has 0 aromatic carbocycles. The molecule has 2 rings (SSSR count). The summed E-state index contributed by atoms with van der Waals surface area (Å²) in [5.74, 6) is 2.45. The number of rotatable bonds is 4. The number of terminal acetylenes is 1. The van der Waals surface area contributed by atoms with E-state index in [4.69, 9.17) is 18.0 Å². The molecule has 2 N–H and O–H groups in total. The van der Waals surface area contributed by atoms with E-state index in [1.807, 2.05) is 0 Å². The number of nitrogens with one attached hydrogen (secondary N) is 2. The maximum atomic E-state index is 11.3. The Labute approximate surface area is 113 Å². The number of carbonyl (C=O) groups is 1. The summed E-state index contributed by atoms with van der Waals surface area (Å²) in [6.45, 7) is 0.233. The quantitative estimate of drug-likeness (QED) is 0.657. The lowest BCUT2D eigenvalue weighted by Gasteiger charge is -1.98. The summed E-state index contributed by atoms with van der Waals surface area (Å²) in [6.07, 6.45) is 6.56. The highest BCUT2D eigenvalue weighted by molar-refractivity contribution is 7.99. The fraction of sp³-hybridized carbons (Fsp3) is 0.182. The summed E-state index contributed by atoms with van der Waals surface area (Å²) in [6, 6.07) is 1.74. The molecule has 0 saturated heterocycles. The molecule has 7 heteroatoms. The van der Waals surface area contributed by atoms with Crippen molar-refractivity contribution >= 4 is 40.4 Å². The molecule has 0 spiro atoms. The van der Waals surface area contributed by atoms with Crippen molar-refractivity contribution in [2.24, 2.45) is 0 Å². The van der Waals surface area contributed by atoms with E-state index in [1.165, 1.54) is 18.0 Å². The minimum absolute atomic E-state index is 0.135. The standard InChI is InChI=1S/C11H9ClN4OS/c1-2-3-13-9(17)6-18-11-15-8-4-7(12)5-14-10(8)16-11/h1,4-5H,3,6H2,(H,13,17)(H,14,15,16). The normalized spacial score (nSPS) is 10.2. The Bertz CT molecular complexity index is 619. The van der Waals surface area contributed by atoms with Crippen molar-refractivity contribution < 1.29 is 4.79 Å². The first kappa shape index (κ1) is 12.7. The first-order valence-electron chi connectivity index (χ1n) is 5.03. The molecule has 0 aliphatic rings. The van der Waals surface area contributed by atoms with Crippen molar-refractivity contribution in [3.8, 4) is 12.3 Å². The first-order valence-corrected chi connectivity index (χ1v) is 6.39. The number of hydrogen-bond donors (Lipinski definition) is 2. The molecule has 0 saturated carbocycles. The second-order valence-electron chi connectivity index (χ2n) is 3.34. The number of thioether (sulfide) groups is 1. The molecule has 2 aromatic heterocycles. The molecule has 18 heavy (non-hydrogen) atoms. The van der Waals surface area contributed by atoms with E-state index < -0.39 is 0 Å². The zero-order valence-corrected chi connectivity index (χ0v) is 10.8. The maximum absolute atomic E-state index is 11.3. The number of carbonyl (C=O) groups excluding carboxylic acids is 1. The van der Waals surface area contributed by atoms with Gasteiger partial charge in [0.1, 0.15) is 0 Å². The molecular formula is C11H9ClN4OS. The Kier molecular flexibility index (Phi) is 4.07. The minimum Gasteiger partial charge on any atom is -0.344 e. The Morgan fingerprint density at radius 1 is 1.67 bits per heavy atom. The Morgan fingerprint density at radius 3 is 3.28 bits per heavy atom. The van der Waals surface area contributed by atoms with Crippen LogP contribution in [-0.4, -0.2) is 33.2 Å². The molecule has 0 atom stereocenters. The third-order valence-corrected chi connectivity index (χ3v) is 3.09. The number of imidazole rings is 1. The summed E-state index contributed by atoms with van der Waals surface area (Å²) < 4.78 is 0. The average Bonchev–Trinajstić information content (AvgIpc) is 2.75. The van der Waals surface area contributed by atoms with Crippen LogP contribution in [0.15, 0.2) is 17.4 Å². The van der Waals surface area contributed by atoms with E-state index in [2.05, 4.69) is 26.2 Å². The van der Waals surface area contributed by atoms with Crippen molar-refractivity contribution in [2.75, 3.05) is 12.3 Å². The van der Waals surface area contributed by atoms with Gasteiger partial charge < -0.3 is 10.3 Å². The van der Waals surface area contributed by atoms with Gasteiger partial charge in [0.05, 0.1) is 22.8 Å². The van der Waals surface area contributed by atoms with Gasteiger partial charge in [-0.25, -0.2) is 9.97 Å². The summed E-state index contributed by atoms with van der Waals surface area (Å²) in [4.78, 5) is 22.7. The largest absolute Gasteiger partial charge is 0.344 e. The number of aromatic nitrogens is 3. The topological polar surface area (TPSA) is 70.7 Å². The lowest BCUT2D eigenvalue weighted by molar-refractivity contribution is -0.118. The van der Waals surface area contributed by atoms with E-state index in [-0.39, 0.29) is 18.2 Å². The Morgan fingerprint density at radius 2 is 2.50 bits per heavy atom. The predicted octanol–water partition coefficient (Wildman–Crippen LogP) is 1.45. The van der Waals surface area contributed by atoms with E-state index in [1.54, 1.807) is 6.07 Å². The fourth-order valence-corrected chi connectivity index (χ4v) is 2.12. The molecule has 2 aromatic rings. The van der Waals surface area contributed by atoms with Crippen molar-refractivity contribution in [2.45, 2.75) is 5.16 Å². The number of fused-ring (bicyclic) bond motifs is 1. The number of hydrogen-bond acceptors (Lipinski definition) is 4. The first-order chi connectivity index (χ1) is 8.69. The van der Waals surface area contributed by atoms with Gasteiger partial charge in [-0.1, -0.05) is 29.3 Å². The summed E-state index contributed by atoms with van der Waals surface area (Å²) in [7, 11) is 0. The lowest BCUT2D eigenvalue weighted by atomic mass is 10.4. The van der Waals surface area contributed by atoms with Crippen molar-refractivity contribution in [3.05, 3.63) is 17.3 Å². The van der Waals surface area contributed by atoms with Crippen LogP contribution < -0.4 is 5.32 Å². The highest BCUT2D eigenvalue weighted by Crippen LogP contribution is 2.20. The molecule has 92 valence electrons. The van der Waals surface area contributed by atoms with Gasteiger partial charge in [-0.3, -0.25) is 4.79 Å². The summed E-state index contributed by atoms with van der Waals surface area (Å²) in [5.41, 5.74) is 1.32. The number of nitrogens with zero attached hydrogens (tertiary/aromatic N) is 2. The number of H-pyrrole nitrogens is 1. The van der Waals surface area contributed by atoms with E-state index >= 15 is 0 Å². The van der Waals surface area contributed by atoms with Crippen LogP contribution in [0.4, 0.5) is 0 Å². The molecule has 0 bridgehead atoms. The highest BCUT2D eigenvalue weighted by atomic mass is 35.5. The molecule has 0 unspecified atom stereocenters. The van der Waals surface area contributed by atoms with Gasteiger partial charge in [0, 0.05) is 6.20 Å². The monoisotopic (exact) mass is 280 g/mol. The Balaban J connectivity index is 2.00. The Hall–Kier alpha value is -1.71.